The maximum absolute atomic E-state index is 11.8. The number of carbonyl (C=O) groups excluding carboxylic acids is 1. The minimum atomic E-state index is -1.04. The van der Waals surface area contributed by atoms with E-state index in [0.29, 0.717) is 17.5 Å². The molecule has 1 heterocycles. The molecule has 1 unspecified atom stereocenters. The molecule has 1 aromatic carbocycles. The maximum atomic E-state index is 11.8. The van der Waals surface area contributed by atoms with Gasteiger partial charge in [-0.1, -0.05) is 19.1 Å². The van der Waals surface area contributed by atoms with Crippen molar-refractivity contribution in [2.45, 2.75) is 51.9 Å². The number of alkyl carbamates (subject to hydrolysis) is 1. The van der Waals surface area contributed by atoms with Crippen molar-refractivity contribution in [2.24, 2.45) is 0 Å². The fraction of sp³-hybridized carbons (Fsp3) is 0.500. The molecule has 2 atom stereocenters. The van der Waals surface area contributed by atoms with Crippen molar-refractivity contribution >= 4 is 17.2 Å². The number of aromatic nitrogens is 1. The van der Waals surface area contributed by atoms with Crippen LogP contribution in [0.1, 0.15) is 46.1 Å². The molecule has 1 amide bonds. The van der Waals surface area contributed by atoms with Crippen molar-refractivity contribution in [1.82, 2.24) is 10.3 Å². The number of aliphatic hydroxyl groups excluding tert-OH is 1. The first-order chi connectivity index (χ1) is 10.3. The molecule has 2 rings (SSSR count). The fourth-order valence-corrected chi connectivity index (χ4v) is 2.05. The molecule has 0 saturated carbocycles. The molecule has 0 aliphatic heterocycles. The van der Waals surface area contributed by atoms with Crippen molar-refractivity contribution < 1.29 is 19.1 Å². The van der Waals surface area contributed by atoms with Gasteiger partial charge in [0.25, 0.3) is 0 Å². The van der Waals surface area contributed by atoms with E-state index in [-0.39, 0.29) is 5.89 Å². The summed E-state index contributed by atoms with van der Waals surface area (Å²) in [6, 6.07) is 6.72. The molecule has 0 radical (unpaired) electrons. The van der Waals surface area contributed by atoms with Crippen LogP contribution in [-0.4, -0.2) is 27.8 Å². The summed E-state index contributed by atoms with van der Waals surface area (Å²) in [6.45, 7) is 7.20. The second-order valence-electron chi connectivity index (χ2n) is 6.13. The summed E-state index contributed by atoms with van der Waals surface area (Å²) in [5.41, 5.74) is 0.678. The SMILES string of the molecule is CCC(NC(=O)OC(C)(C)C)[C@H](O)c1nc2ccccc2o1. The van der Waals surface area contributed by atoms with Gasteiger partial charge in [-0.25, -0.2) is 9.78 Å². The highest BCUT2D eigenvalue weighted by molar-refractivity contribution is 5.72. The lowest BCUT2D eigenvalue weighted by Gasteiger charge is -2.24. The normalized spacial score (nSPS) is 14.6. The highest BCUT2D eigenvalue weighted by Gasteiger charge is 2.27. The van der Waals surface area contributed by atoms with Crippen LogP contribution in [0.25, 0.3) is 11.1 Å². The molecule has 6 nitrogen and oxygen atoms in total. The zero-order valence-electron chi connectivity index (χ0n) is 13.3. The van der Waals surface area contributed by atoms with E-state index in [2.05, 4.69) is 10.3 Å². The van der Waals surface area contributed by atoms with Gasteiger partial charge in [-0.3, -0.25) is 0 Å². The summed E-state index contributed by atoms with van der Waals surface area (Å²) in [6.07, 6.45) is -1.10. The number of para-hydroxylation sites is 2. The van der Waals surface area contributed by atoms with Crippen LogP contribution in [0.4, 0.5) is 4.79 Å². The van der Waals surface area contributed by atoms with E-state index in [9.17, 15) is 9.90 Å². The third-order valence-corrected chi connectivity index (χ3v) is 3.09. The zero-order chi connectivity index (χ0) is 16.3. The molecular formula is C16H22N2O4. The average Bonchev–Trinajstić information content (AvgIpc) is 2.86. The lowest BCUT2D eigenvalue weighted by molar-refractivity contribution is 0.0387. The van der Waals surface area contributed by atoms with E-state index in [1.807, 2.05) is 19.1 Å². The van der Waals surface area contributed by atoms with Crippen molar-refractivity contribution in [3.63, 3.8) is 0 Å². The molecule has 0 saturated heterocycles. The second kappa shape index (κ2) is 6.36. The van der Waals surface area contributed by atoms with Gasteiger partial charge in [0, 0.05) is 0 Å². The molecule has 0 aliphatic carbocycles. The lowest BCUT2D eigenvalue weighted by atomic mass is 10.1. The molecule has 0 bridgehead atoms. The minimum Gasteiger partial charge on any atom is -0.444 e. The van der Waals surface area contributed by atoms with Crippen molar-refractivity contribution in [3.8, 4) is 0 Å². The van der Waals surface area contributed by atoms with Crippen molar-refractivity contribution in [1.29, 1.82) is 0 Å². The highest BCUT2D eigenvalue weighted by atomic mass is 16.6. The van der Waals surface area contributed by atoms with E-state index in [4.69, 9.17) is 9.15 Å². The van der Waals surface area contributed by atoms with Crippen LogP contribution in [-0.2, 0) is 4.74 Å². The van der Waals surface area contributed by atoms with Gasteiger partial charge in [0.05, 0.1) is 6.04 Å². The Bertz CT molecular complexity index is 612. The first-order valence-corrected chi connectivity index (χ1v) is 7.33. The van der Waals surface area contributed by atoms with Gasteiger partial charge in [0.2, 0.25) is 5.89 Å². The number of rotatable bonds is 4. The number of hydrogen-bond donors (Lipinski definition) is 2. The topological polar surface area (TPSA) is 84.6 Å². The second-order valence-corrected chi connectivity index (χ2v) is 6.13. The van der Waals surface area contributed by atoms with Crippen molar-refractivity contribution in [2.75, 3.05) is 0 Å². The Balaban J connectivity index is 2.11. The molecule has 2 aromatic rings. The predicted molar refractivity (Wildman–Crippen MR) is 82.4 cm³/mol. The standard InChI is InChI=1S/C16H22N2O4/c1-5-10(18-15(20)22-16(2,3)4)13(19)14-17-11-8-6-7-9-12(11)21-14/h6-10,13,19H,5H2,1-4H3,(H,18,20)/t10?,13-/m0/s1. The monoisotopic (exact) mass is 306 g/mol. The first-order valence-electron chi connectivity index (χ1n) is 7.33. The van der Waals surface area contributed by atoms with Gasteiger partial charge in [0.1, 0.15) is 11.1 Å². The summed E-state index contributed by atoms with van der Waals surface area (Å²) in [5.74, 6) is 0.184. The van der Waals surface area contributed by atoms with Gasteiger partial charge >= 0.3 is 6.09 Å². The maximum Gasteiger partial charge on any atom is 0.407 e. The summed E-state index contributed by atoms with van der Waals surface area (Å²) in [7, 11) is 0. The number of hydrogen-bond acceptors (Lipinski definition) is 5. The number of benzene rings is 1. The number of fused-ring (bicyclic) bond motifs is 1. The molecule has 1 aromatic heterocycles. The Kier molecular flexibility index (Phi) is 4.71. The molecule has 0 spiro atoms. The van der Waals surface area contributed by atoms with Crippen LogP contribution in [0.15, 0.2) is 28.7 Å². The predicted octanol–water partition coefficient (Wildman–Crippen LogP) is 3.16. The third kappa shape index (κ3) is 3.98. The Hall–Kier alpha value is -2.08. The Morgan fingerprint density at radius 3 is 2.68 bits per heavy atom. The minimum absolute atomic E-state index is 0.184. The number of oxazole rings is 1. The number of ether oxygens (including phenoxy) is 1. The van der Waals surface area contributed by atoms with Crippen LogP contribution in [0, 0.1) is 0 Å². The first kappa shape index (κ1) is 16.3. The number of carbonyl (C=O) groups is 1. The summed E-state index contributed by atoms with van der Waals surface area (Å²) in [4.78, 5) is 16.1. The van der Waals surface area contributed by atoms with Crippen LogP contribution < -0.4 is 5.32 Å². The van der Waals surface area contributed by atoms with Crippen LogP contribution in [0.2, 0.25) is 0 Å². The van der Waals surface area contributed by atoms with Crippen LogP contribution in [0.5, 0.6) is 0 Å². The van der Waals surface area contributed by atoms with Gasteiger partial charge in [-0.2, -0.15) is 0 Å². The quantitative estimate of drug-likeness (QED) is 0.906. The van der Waals surface area contributed by atoms with Gasteiger partial charge in [-0.15, -0.1) is 0 Å². The zero-order valence-corrected chi connectivity index (χ0v) is 13.3. The van der Waals surface area contributed by atoms with E-state index in [1.165, 1.54) is 0 Å². The lowest BCUT2D eigenvalue weighted by Crippen LogP contribution is -2.42. The summed E-state index contributed by atoms with van der Waals surface area (Å²) >= 11 is 0. The molecule has 6 heteroatoms. The van der Waals surface area contributed by atoms with E-state index in [0.717, 1.165) is 0 Å². The highest BCUT2D eigenvalue weighted by Crippen LogP contribution is 2.23. The molecular weight excluding hydrogens is 284 g/mol. The van der Waals surface area contributed by atoms with E-state index >= 15 is 0 Å². The molecule has 22 heavy (non-hydrogen) atoms. The summed E-state index contributed by atoms with van der Waals surface area (Å²) < 4.78 is 10.7. The summed E-state index contributed by atoms with van der Waals surface area (Å²) in [5, 5.41) is 13.1. The largest absolute Gasteiger partial charge is 0.444 e. The number of amides is 1. The smallest absolute Gasteiger partial charge is 0.407 e. The number of nitrogens with zero attached hydrogens (tertiary/aromatic N) is 1. The van der Waals surface area contributed by atoms with Gasteiger partial charge in [-0.05, 0) is 39.3 Å². The Labute approximate surface area is 129 Å². The molecule has 120 valence electrons. The third-order valence-electron chi connectivity index (χ3n) is 3.09. The van der Waals surface area contributed by atoms with Gasteiger partial charge in [0.15, 0.2) is 11.7 Å². The average molecular weight is 306 g/mol. The molecule has 0 fully saturated rings. The van der Waals surface area contributed by atoms with Crippen LogP contribution in [0.3, 0.4) is 0 Å². The molecule has 0 aliphatic rings. The van der Waals surface area contributed by atoms with Crippen LogP contribution >= 0.6 is 0 Å². The number of aliphatic hydroxyl groups is 1. The molecule has 2 N–H and O–H groups in total. The number of nitrogens with one attached hydrogen (secondary N) is 1. The Morgan fingerprint density at radius 1 is 1.41 bits per heavy atom. The van der Waals surface area contributed by atoms with Crippen molar-refractivity contribution in [3.05, 3.63) is 30.2 Å². The van der Waals surface area contributed by atoms with E-state index in [1.54, 1.807) is 32.9 Å². The van der Waals surface area contributed by atoms with E-state index < -0.39 is 23.8 Å². The van der Waals surface area contributed by atoms with Gasteiger partial charge < -0.3 is 19.6 Å². The fourth-order valence-electron chi connectivity index (χ4n) is 2.05. The Morgan fingerprint density at radius 2 is 2.09 bits per heavy atom.